The molecule has 8 heteroatoms. The van der Waals surface area contributed by atoms with Crippen molar-refractivity contribution in [2.24, 2.45) is 0 Å². The Labute approximate surface area is 194 Å². The van der Waals surface area contributed by atoms with Crippen molar-refractivity contribution in [1.82, 2.24) is 0 Å². The van der Waals surface area contributed by atoms with Crippen molar-refractivity contribution in [1.29, 1.82) is 0 Å². The van der Waals surface area contributed by atoms with Gasteiger partial charge in [0.25, 0.3) is 5.91 Å². The van der Waals surface area contributed by atoms with E-state index in [4.69, 9.17) is 4.74 Å². The number of amides is 1. The topological polar surface area (TPSA) is 92.8 Å². The second kappa shape index (κ2) is 9.87. The smallest absolute Gasteiger partial charge is 0.339 e. The predicted octanol–water partition coefficient (Wildman–Crippen LogP) is 4.31. The van der Waals surface area contributed by atoms with Gasteiger partial charge < -0.3 is 10.1 Å². The Morgan fingerprint density at radius 1 is 0.970 bits per heavy atom. The van der Waals surface area contributed by atoms with Gasteiger partial charge in [-0.2, -0.15) is 0 Å². The van der Waals surface area contributed by atoms with E-state index in [0.29, 0.717) is 16.9 Å². The van der Waals surface area contributed by atoms with Crippen molar-refractivity contribution in [2.75, 3.05) is 23.0 Å². The van der Waals surface area contributed by atoms with Gasteiger partial charge in [-0.1, -0.05) is 36.4 Å². The summed E-state index contributed by atoms with van der Waals surface area (Å²) < 4.78 is 31.1. The van der Waals surface area contributed by atoms with Crippen molar-refractivity contribution >= 4 is 33.3 Å². The average molecular weight is 467 g/mol. The number of hydrogen-bond donors (Lipinski definition) is 1. The molecule has 3 aromatic carbocycles. The van der Waals surface area contributed by atoms with Gasteiger partial charge in [-0.3, -0.25) is 9.10 Å². The molecule has 0 atom stereocenters. The van der Waals surface area contributed by atoms with E-state index in [9.17, 15) is 18.0 Å². The third-order valence-corrected chi connectivity index (χ3v) is 6.28. The molecule has 0 fully saturated rings. The van der Waals surface area contributed by atoms with Crippen LogP contribution in [0.4, 0.5) is 11.4 Å². The molecule has 3 aromatic rings. The summed E-state index contributed by atoms with van der Waals surface area (Å²) >= 11 is 0. The molecule has 0 saturated heterocycles. The summed E-state index contributed by atoms with van der Waals surface area (Å²) in [6, 6.07) is 18.9. The van der Waals surface area contributed by atoms with E-state index in [-0.39, 0.29) is 12.1 Å². The van der Waals surface area contributed by atoms with E-state index in [1.165, 1.54) is 17.7 Å². The summed E-state index contributed by atoms with van der Waals surface area (Å²) in [5, 5.41) is 2.72. The lowest BCUT2D eigenvalue weighted by molar-refractivity contribution is 0.0602. The number of carbonyl (C=O) groups excluding carboxylic acids is 2. The van der Waals surface area contributed by atoms with Gasteiger partial charge in [0, 0.05) is 5.56 Å². The zero-order chi connectivity index (χ0) is 24.2. The Balaban J connectivity index is 1.82. The SMILES string of the molecule is COC(=O)c1ccccc1NC(=O)c1ccc(CN(c2cc(C)ccc2C)S(C)(=O)=O)cc1. The molecule has 172 valence electrons. The van der Waals surface area contributed by atoms with Crippen molar-refractivity contribution < 1.29 is 22.7 Å². The van der Waals surface area contributed by atoms with Crippen LogP contribution in [0.5, 0.6) is 0 Å². The predicted molar refractivity (Wildman–Crippen MR) is 129 cm³/mol. The first-order chi connectivity index (χ1) is 15.6. The van der Waals surface area contributed by atoms with E-state index in [0.717, 1.165) is 16.7 Å². The van der Waals surface area contributed by atoms with Crippen molar-refractivity contribution in [3.8, 4) is 0 Å². The highest BCUT2D eigenvalue weighted by Crippen LogP contribution is 2.26. The van der Waals surface area contributed by atoms with Crippen molar-refractivity contribution in [3.63, 3.8) is 0 Å². The largest absolute Gasteiger partial charge is 0.465 e. The molecule has 7 nitrogen and oxygen atoms in total. The Bertz CT molecular complexity index is 1280. The van der Waals surface area contributed by atoms with E-state index in [1.807, 2.05) is 32.0 Å². The molecule has 0 saturated carbocycles. The second-order valence-corrected chi connectivity index (χ2v) is 9.65. The van der Waals surface area contributed by atoms with Crippen molar-refractivity contribution in [3.05, 3.63) is 94.5 Å². The summed E-state index contributed by atoms with van der Waals surface area (Å²) in [5.74, 6) is -0.944. The fourth-order valence-electron chi connectivity index (χ4n) is 3.37. The molecule has 1 amide bonds. The summed E-state index contributed by atoms with van der Waals surface area (Å²) in [6.45, 7) is 3.91. The van der Waals surface area contributed by atoms with Gasteiger partial charge in [0.1, 0.15) is 0 Å². The molecule has 0 aromatic heterocycles. The molecule has 0 heterocycles. The summed E-state index contributed by atoms with van der Waals surface area (Å²) in [7, 11) is -2.25. The first-order valence-electron chi connectivity index (χ1n) is 10.2. The molecular weight excluding hydrogens is 440 g/mol. The van der Waals surface area contributed by atoms with E-state index < -0.39 is 21.9 Å². The molecule has 0 spiro atoms. The fraction of sp³-hybridized carbons (Fsp3) is 0.200. The number of ether oxygens (including phenoxy) is 1. The fourth-order valence-corrected chi connectivity index (χ4v) is 4.31. The minimum absolute atomic E-state index is 0.135. The molecule has 0 radical (unpaired) electrons. The Morgan fingerprint density at radius 2 is 1.64 bits per heavy atom. The number of methoxy groups -OCH3 is 1. The van der Waals surface area contributed by atoms with Gasteiger partial charge in [-0.05, 0) is 60.9 Å². The number of anilines is 2. The molecule has 1 N–H and O–H groups in total. The Hall–Kier alpha value is -3.65. The van der Waals surface area contributed by atoms with Gasteiger partial charge in [0.2, 0.25) is 10.0 Å². The zero-order valence-electron chi connectivity index (χ0n) is 19.0. The molecule has 0 aliphatic carbocycles. The molecule has 0 aliphatic rings. The van der Waals surface area contributed by atoms with Crippen LogP contribution >= 0.6 is 0 Å². The molecule has 3 rings (SSSR count). The summed E-state index contributed by atoms with van der Waals surface area (Å²) in [6.07, 6.45) is 1.18. The maximum atomic E-state index is 12.7. The third-order valence-electron chi connectivity index (χ3n) is 5.16. The lowest BCUT2D eigenvalue weighted by atomic mass is 10.1. The first-order valence-corrected chi connectivity index (χ1v) is 12.1. The zero-order valence-corrected chi connectivity index (χ0v) is 19.8. The van der Waals surface area contributed by atoms with Gasteiger partial charge >= 0.3 is 5.97 Å². The number of aryl methyl sites for hydroxylation is 2. The number of nitrogens with zero attached hydrogens (tertiary/aromatic N) is 1. The lowest BCUT2D eigenvalue weighted by Crippen LogP contribution is -2.30. The quantitative estimate of drug-likeness (QED) is 0.524. The highest BCUT2D eigenvalue weighted by Gasteiger charge is 2.20. The molecule has 0 aliphatic heterocycles. The molecule has 0 unspecified atom stereocenters. The lowest BCUT2D eigenvalue weighted by Gasteiger charge is -2.25. The third kappa shape index (κ3) is 5.78. The monoisotopic (exact) mass is 466 g/mol. The van der Waals surface area contributed by atoms with Crippen LogP contribution in [0, 0.1) is 13.8 Å². The highest BCUT2D eigenvalue weighted by atomic mass is 32.2. The number of para-hydroxylation sites is 1. The average Bonchev–Trinajstić information content (AvgIpc) is 2.78. The van der Waals surface area contributed by atoms with Crippen LogP contribution < -0.4 is 9.62 Å². The van der Waals surface area contributed by atoms with Crippen LogP contribution in [-0.4, -0.2) is 33.7 Å². The van der Waals surface area contributed by atoms with Crippen LogP contribution in [0.2, 0.25) is 0 Å². The maximum Gasteiger partial charge on any atom is 0.339 e. The molecular formula is C25H26N2O5S. The van der Waals surface area contributed by atoms with E-state index >= 15 is 0 Å². The minimum Gasteiger partial charge on any atom is -0.465 e. The highest BCUT2D eigenvalue weighted by molar-refractivity contribution is 7.92. The number of sulfonamides is 1. The second-order valence-electron chi connectivity index (χ2n) is 7.75. The van der Waals surface area contributed by atoms with Gasteiger partial charge in [-0.15, -0.1) is 0 Å². The normalized spacial score (nSPS) is 11.0. The van der Waals surface area contributed by atoms with Crippen LogP contribution in [-0.2, 0) is 21.3 Å². The standard InChI is InChI=1S/C25H26N2O5S/c1-17-9-10-18(2)23(15-17)27(33(4,30)31)16-19-11-13-20(14-12-19)24(28)26-22-8-6-5-7-21(22)25(29)32-3/h5-15H,16H2,1-4H3,(H,26,28). The molecule has 0 bridgehead atoms. The van der Waals surface area contributed by atoms with E-state index in [1.54, 1.807) is 48.5 Å². The van der Waals surface area contributed by atoms with Crippen molar-refractivity contribution in [2.45, 2.75) is 20.4 Å². The Morgan fingerprint density at radius 3 is 2.27 bits per heavy atom. The van der Waals surface area contributed by atoms with Gasteiger partial charge in [0.15, 0.2) is 0 Å². The Kier molecular flexibility index (Phi) is 7.18. The number of rotatable bonds is 7. The number of carbonyl (C=O) groups is 2. The van der Waals surface area contributed by atoms with Gasteiger partial charge in [0.05, 0.1) is 36.8 Å². The number of esters is 1. The van der Waals surface area contributed by atoms with E-state index in [2.05, 4.69) is 5.32 Å². The number of nitrogens with one attached hydrogen (secondary N) is 1. The van der Waals surface area contributed by atoms with Crippen LogP contribution in [0.3, 0.4) is 0 Å². The minimum atomic E-state index is -3.53. The van der Waals surface area contributed by atoms with Crippen LogP contribution in [0.15, 0.2) is 66.7 Å². The summed E-state index contributed by atoms with van der Waals surface area (Å²) in [5.41, 5.74) is 4.14. The number of hydrogen-bond acceptors (Lipinski definition) is 5. The number of benzene rings is 3. The summed E-state index contributed by atoms with van der Waals surface area (Å²) in [4.78, 5) is 24.6. The molecule has 33 heavy (non-hydrogen) atoms. The van der Waals surface area contributed by atoms with Crippen LogP contribution in [0.25, 0.3) is 0 Å². The first kappa shape index (κ1) is 24.0. The maximum absolute atomic E-state index is 12.7. The van der Waals surface area contributed by atoms with Crippen LogP contribution in [0.1, 0.15) is 37.4 Å². The van der Waals surface area contributed by atoms with Gasteiger partial charge in [-0.25, -0.2) is 13.2 Å².